The Balaban J connectivity index is 1.74. The van der Waals surface area contributed by atoms with Gasteiger partial charge in [-0.2, -0.15) is 0 Å². The molecule has 0 aliphatic heterocycles. The van der Waals surface area contributed by atoms with Gasteiger partial charge in [0.1, 0.15) is 11.5 Å². The van der Waals surface area contributed by atoms with E-state index in [-0.39, 0.29) is 11.5 Å². The average molecular weight is 399 g/mol. The summed E-state index contributed by atoms with van der Waals surface area (Å²) in [5.41, 5.74) is 3.92. The molecular formula is C28H30O2. The summed E-state index contributed by atoms with van der Waals surface area (Å²) in [7, 11) is 0. The van der Waals surface area contributed by atoms with E-state index in [4.69, 9.17) is 0 Å². The summed E-state index contributed by atoms with van der Waals surface area (Å²) >= 11 is 0. The lowest BCUT2D eigenvalue weighted by Crippen LogP contribution is -1.88. The Morgan fingerprint density at radius 2 is 0.967 bits per heavy atom. The van der Waals surface area contributed by atoms with Crippen molar-refractivity contribution < 1.29 is 10.2 Å². The maximum absolute atomic E-state index is 10.8. The number of phenolic OH excluding ortho intramolecular Hbond substituents is 2. The smallest absolute Gasteiger partial charge is 0.124 e. The van der Waals surface area contributed by atoms with Crippen LogP contribution >= 0.6 is 0 Å². The zero-order chi connectivity index (χ0) is 21.1. The van der Waals surface area contributed by atoms with Gasteiger partial charge in [-0.3, -0.25) is 0 Å². The van der Waals surface area contributed by atoms with Crippen molar-refractivity contribution in [2.75, 3.05) is 0 Å². The van der Waals surface area contributed by atoms with E-state index in [9.17, 15) is 10.2 Å². The molecule has 2 N–H and O–H groups in total. The molecule has 0 saturated carbocycles. The van der Waals surface area contributed by atoms with Crippen LogP contribution in [0.4, 0.5) is 0 Å². The second kappa shape index (κ2) is 8.79. The van der Waals surface area contributed by atoms with Crippen LogP contribution in [0.3, 0.4) is 0 Å². The Labute approximate surface area is 178 Å². The summed E-state index contributed by atoms with van der Waals surface area (Å²) in [6.45, 7) is 4.39. The lowest BCUT2D eigenvalue weighted by atomic mass is 9.94. The Hall–Kier alpha value is -3.00. The number of benzene rings is 4. The third-order valence-electron chi connectivity index (χ3n) is 5.97. The van der Waals surface area contributed by atoms with Crippen LogP contribution in [0.1, 0.15) is 50.7 Å². The first-order valence-electron chi connectivity index (χ1n) is 11.1. The number of phenols is 2. The van der Waals surface area contributed by atoms with Gasteiger partial charge in [0.25, 0.3) is 0 Å². The SMILES string of the molecule is CCCCc1ccc2cc(-c3cc4ccc(CCCC)cc4cc3O)c(O)cc2c1. The van der Waals surface area contributed by atoms with Crippen molar-refractivity contribution in [1.82, 2.24) is 0 Å². The zero-order valence-electron chi connectivity index (χ0n) is 17.9. The molecule has 0 unspecified atom stereocenters. The van der Waals surface area contributed by atoms with E-state index in [1.165, 1.54) is 36.8 Å². The molecule has 0 fully saturated rings. The van der Waals surface area contributed by atoms with Crippen molar-refractivity contribution in [3.63, 3.8) is 0 Å². The van der Waals surface area contributed by atoms with Crippen LogP contribution in [0, 0.1) is 0 Å². The number of aryl methyl sites for hydroxylation is 2. The third kappa shape index (κ3) is 4.14. The zero-order valence-corrected chi connectivity index (χ0v) is 17.9. The van der Waals surface area contributed by atoms with E-state index in [0.717, 1.165) is 34.4 Å². The molecule has 0 bridgehead atoms. The molecule has 2 heteroatoms. The molecule has 0 aliphatic carbocycles. The van der Waals surface area contributed by atoms with Crippen molar-refractivity contribution >= 4 is 21.5 Å². The number of fused-ring (bicyclic) bond motifs is 2. The minimum Gasteiger partial charge on any atom is -0.507 e. The summed E-state index contributed by atoms with van der Waals surface area (Å²) in [5.74, 6) is 0.397. The Bertz CT molecular complexity index is 1100. The molecule has 0 spiro atoms. The maximum Gasteiger partial charge on any atom is 0.124 e. The van der Waals surface area contributed by atoms with Crippen LogP contribution < -0.4 is 0 Å². The quantitative estimate of drug-likeness (QED) is 0.334. The highest BCUT2D eigenvalue weighted by molar-refractivity contribution is 5.96. The lowest BCUT2D eigenvalue weighted by molar-refractivity contribution is 0.470. The summed E-state index contributed by atoms with van der Waals surface area (Å²) in [4.78, 5) is 0. The molecule has 154 valence electrons. The van der Waals surface area contributed by atoms with Crippen LogP contribution in [0.25, 0.3) is 32.7 Å². The molecular weight excluding hydrogens is 368 g/mol. The van der Waals surface area contributed by atoms with Crippen LogP contribution in [-0.4, -0.2) is 10.2 Å². The summed E-state index contributed by atoms with van der Waals surface area (Å²) in [6, 6.07) is 20.5. The van der Waals surface area contributed by atoms with Crippen molar-refractivity contribution in [2.45, 2.75) is 52.4 Å². The van der Waals surface area contributed by atoms with Gasteiger partial charge >= 0.3 is 0 Å². The first kappa shape index (κ1) is 20.3. The van der Waals surface area contributed by atoms with E-state index in [2.05, 4.69) is 50.2 Å². The van der Waals surface area contributed by atoms with Crippen molar-refractivity contribution in [2.24, 2.45) is 0 Å². The second-order valence-electron chi connectivity index (χ2n) is 8.31. The highest BCUT2D eigenvalue weighted by Crippen LogP contribution is 2.40. The standard InChI is InChI=1S/C28H30O2/c1-3-5-7-19-9-11-21-15-25(27(29)17-23(21)13-19)26-16-22-12-10-20(8-6-4-2)14-24(22)18-28(26)30/h9-18,29-30H,3-8H2,1-2H3. The molecule has 0 amide bonds. The van der Waals surface area contributed by atoms with Gasteiger partial charge in [0.05, 0.1) is 0 Å². The minimum atomic E-state index is 0.198. The average Bonchev–Trinajstić information content (AvgIpc) is 2.75. The minimum absolute atomic E-state index is 0.198. The Morgan fingerprint density at radius 1 is 0.533 bits per heavy atom. The molecule has 30 heavy (non-hydrogen) atoms. The fourth-order valence-corrected chi connectivity index (χ4v) is 4.17. The second-order valence-corrected chi connectivity index (χ2v) is 8.31. The van der Waals surface area contributed by atoms with Crippen LogP contribution in [0.5, 0.6) is 11.5 Å². The molecule has 0 saturated heterocycles. The summed E-state index contributed by atoms with van der Waals surface area (Å²) in [5, 5.41) is 25.7. The fraction of sp³-hybridized carbons (Fsp3) is 0.286. The van der Waals surface area contributed by atoms with E-state index in [0.29, 0.717) is 11.1 Å². The Kier molecular flexibility index (Phi) is 5.94. The Morgan fingerprint density at radius 3 is 1.37 bits per heavy atom. The number of rotatable bonds is 7. The molecule has 2 nitrogen and oxygen atoms in total. The molecule has 0 aliphatic rings. The lowest BCUT2D eigenvalue weighted by Gasteiger charge is -2.12. The molecule has 4 rings (SSSR count). The molecule has 0 radical (unpaired) electrons. The molecule has 4 aromatic carbocycles. The van der Waals surface area contributed by atoms with Crippen molar-refractivity contribution in [3.8, 4) is 22.6 Å². The third-order valence-corrected chi connectivity index (χ3v) is 5.97. The van der Waals surface area contributed by atoms with Gasteiger partial charge in [0.2, 0.25) is 0 Å². The van der Waals surface area contributed by atoms with Crippen LogP contribution in [0.15, 0.2) is 60.7 Å². The van der Waals surface area contributed by atoms with Gasteiger partial charge < -0.3 is 10.2 Å². The number of unbranched alkanes of at least 4 members (excludes halogenated alkanes) is 2. The van der Waals surface area contributed by atoms with Gasteiger partial charge in [-0.15, -0.1) is 0 Å². The number of hydrogen-bond acceptors (Lipinski definition) is 2. The largest absolute Gasteiger partial charge is 0.507 e. The van der Waals surface area contributed by atoms with Crippen molar-refractivity contribution in [3.05, 3.63) is 71.8 Å². The van der Waals surface area contributed by atoms with Gasteiger partial charge in [0.15, 0.2) is 0 Å². The normalized spacial score (nSPS) is 11.4. The van der Waals surface area contributed by atoms with E-state index in [1.807, 2.05) is 24.3 Å². The van der Waals surface area contributed by atoms with E-state index < -0.39 is 0 Å². The highest BCUT2D eigenvalue weighted by Gasteiger charge is 2.13. The molecule has 4 aromatic rings. The first-order valence-corrected chi connectivity index (χ1v) is 11.1. The van der Waals surface area contributed by atoms with Gasteiger partial charge in [-0.25, -0.2) is 0 Å². The monoisotopic (exact) mass is 398 g/mol. The van der Waals surface area contributed by atoms with E-state index in [1.54, 1.807) is 0 Å². The summed E-state index contributed by atoms with van der Waals surface area (Å²) in [6.07, 6.45) is 6.79. The first-order chi connectivity index (χ1) is 14.6. The highest BCUT2D eigenvalue weighted by atomic mass is 16.3. The predicted octanol–water partition coefficient (Wildman–Crippen LogP) is 7.76. The van der Waals surface area contributed by atoms with Gasteiger partial charge in [-0.05, 0) is 82.6 Å². The van der Waals surface area contributed by atoms with Crippen LogP contribution in [0.2, 0.25) is 0 Å². The predicted molar refractivity (Wildman–Crippen MR) is 127 cm³/mol. The topological polar surface area (TPSA) is 40.5 Å². The van der Waals surface area contributed by atoms with Gasteiger partial charge in [-0.1, -0.05) is 63.1 Å². The van der Waals surface area contributed by atoms with Gasteiger partial charge in [0, 0.05) is 11.1 Å². The van der Waals surface area contributed by atoms with E-state index >= 15 is 0 Å². The van der Waals surface area contributed by atoms with Crippen LogP contribution in [-0.2, 0) is 12.8 Å². The number of hydrogen-bond donors (Lipinski definition) is 2. The fourth-order valence-electron chi connectivity index (χ4n) is 4.17. The maximum atomic E-state index is 10.8. The molecule has 0 heterocycles. The molecule has 0 aromatic heterocycles. The summed E-state index contributed by atoms with van der Waals surface area (Å²) < 4.78 is 0. The molecule has 0 atom stereocenters. The number of aromatic hydroxyl groups is 2. The van der Waals surface area contributed by atoms with Crippen molar-refractivity contribution in [1.29, 1.82) is 0 Å².